The van der Waals surface area contributed by atoms with Gasteiger partial charge in [0.2, 0.25) is 0 Å². The van der Waals surface area contributed by atoms with Crippen LogP contribution < -0.4 is 15.4 Å². The van der Waals surface area contributed by atoms with E-state index in [1.165, 1.54) is 0 Å². The standard InChI is InChI=1S/C13H18N2O2/c14-10-2-4-12-13(5-10)17-8-11-3-1-9(7-16)6-15(11)12/h2,4-5,9,11,16H,1,3,6-8,14H2. The molecular formula is C13H18N2O2. The Morgan fingerprint density at radius 1 is 1.41 bits per heavy atom. The van der Waals surface area contributed by atoms with Crippen molar-refractivity contribution in [3.63, 3.8) is 0 Å². The second-order valence-corrected chi connectivity index (χ2v) is 4.97. The van der Waals surface area contributed by atoms with Crippen LogP contribution in [-0.4, -0.2) is 30.9 Å². The first-order chi connectivity index (χ1) is 8.28. The Kier molecular flexibility index (Phi) is 2.59. The average molecular weight is 234 g/mol. The monoisotopic (exact) mass is 234 g/mol. The Morgan fingerprint density at radius 3 is 3.12 bits per heavy atom. The number of piperidine rings is 1. The number of anilines is 2. The third-order valence-electron chi connectivity index (χ3n) is 3.79. The van der Waals surface area contributed by atoms with E-state index in [4.69, 9.17) is 10.5 Å². The number of nitrogens with two attached hydrogens (primary N) is 1. The normalized spacial score (nSPS) is 27.0. The molecule has 3 rings (SSSR count). The molecule has 0 radical (unpaired) electrons. The number of hydrogen-bond acceptors (Lipinski definition) is 4. The van der Waals surface area contributed by atoms with Crippen molar-refractivity contribution in [2.24, 2.45) is 5.92 Å². The fourth-order valence-electron chi connectivity index (χ4n) is 2.79. The Morgan fingerprint density at radius 2 is 2.29 bits per heavy atom. The molecule has 2 aliphatic rings. The Hall–Kier alpha value is -1.42. The van der Waals surface area contributed by atoms with Crippen LogP contribution >= 0.6 is 0 Å². The maximum absolute atomic E-state index is 9.30. The summed E-state index contributed by atoms with van der Waals surface area (Å²) in [5.41, 5.74) is 7.62. The molecule has 4 heteroatoms. The fourth-order valence-corrected chi connectivity index (χ4v) is 2.79. The Labute approximate surface area is 101 Å². The summed E-state index contributed by atoms with van der Waals surface area (Å²) in [5, 5.41) is 9.30. The van der Waals surface area contributed by atoms with Gasteiger partial charge in [-0.3, -0.25) is 0 Å². The molecule has 1 saturated heterocycles. The van der Waals surface area contributed by atoms with E-state index in [0.717, 1.165) is 43.1 Å². The van der Waals surface area contributed by atoms with Crippen LogP contribution in [0.25, 0.3) is 0 Å². The van der Waals surface area contributed by atoms with Crippen molar-refractivity contribution >= 4 is 11.4 Å². The van der Waals surface area contributed by atoms with Gasteiger partial charge in [0.1, 0.15) is 12.4 Å². The molecule has 2 heterocycles. The minimum absolute atomic E-state index is 0.272. The zero-order chi connectivity index (χ0) is 11.8. The second-order valence-electron chi connectivity index (χ2n) is 4.97. The highest BCUT2D eigenvalue weighted by Gasteiger charge is 2.33. The van der Waals surface area contributed by atoms with E-state index in [1.54, 1.807) is 0 Å². The van der Waals surface area contributed by atoms with Gasteiger partial charge in [-0.2, -0.15) is 0 Å². The average Bonchev–Trinajstić information content (AvgIpc) is 2.37. The molecule has 92 valence electrons. The number of aliphatic hydroxyl groups is 1. The van der Waals surface area contributed by atoms with E-state index < -0.39 is 0 Å². The predicted molar refractivity (Wildman–Crippen MR) is 67.3 cm³/mol. The lowest BCUT2D eigenvalue weighted by atomic mass is 9.92. The van der Waals surface area contributed by atoms with Gasteiger partial charge in [0, 0.05) is 24.9 Å². The quantitative estimate of drug-likeness (QED) is 0.718. The van der Waals surface area contributed by atoms with E-state index in [1.807, 2.05) is 18.2 Å². The van der Waals surface area contributed by atoms with Crippen LogP contribution in [0.2, 0.25) is 0 Å². The van der Waals surface area contributed by atoms with Crippen molar-refractivity contribution in [2.45, 2.75) is 18.9 Å². The van der Waals surface area contributed by atoms with Crippen LogP contribution in [0.1, 0.15) is 12.8 Å². The van der Waals surface area contributed by atoms with Crippen LogP contribution in [0.3, 0.4) is 0 Å². The summed E-state index contributed by atoms with van der Waals surface area (Å²) >= 11 is 0. The molecule has 0 spiro atoms. The van der Waals surface area contributed by atoms with Gasteiger partial charge in [-0.05, 0) is 30.9 Å². The van der Waals surface area contributed by atoms with Crippen molar-refractivity contribution < 1.29 is 9.84 Å². The minimum Gasteiger partial charge on any atom is -0.489 e. The summed E-state index contributed by atoms with van der Waals surface area (Å²) in [7, 11) is 0. The molecule has 1 fully saturated rings. The fraction of sp³-hybridized carbons (Fsp3) is 0.538. The maximum atomic E-state index is 9.30. The Bertz CT molecular complexity index is 422. The molecule has 3 N–H and O–H groups in total. The number of nitrogens with zero attached hydrogens (tertiary/aromatic N) is 1. The molecule has 0 aliphatic carbocycles. The Balaban J connectivity index is 1.92. The largest absolute Gasteiger partial charge is 0.489 e. The van der Waals surface area contributed by atoms with Gasteiger partial charge in [-0.25, -0.2) is 0 Å². The number of fused-ring (bicyclic) bond motifs is 3. The van der Waals surface area contributed by atoms with Crippen LogP contribution in [-0.2, 0) is 0 Å². The highest BCUT2D eigenvalue weighted by atomic mass is 16.5. The smallest absolute Gasteiger partial charge is 0.144 e. The van der Waals surface area contributed by atoms with Crippen molar-refractivity contribution in [1.29, 1.82) is 0 Å². The third-order valence-corrected chi connectivity index (χ3v) is 3.79. The van der Waals surface area contributed by atoms with Gasteiger partial charge in [-0.1, -0.05) is 0 Å². The first-order valence-corrected chi connectivity index (χ1v) is 6.18. The zero-order valence-corrected chi connectivity index (χ0v) is 9.80. The van der Waals surface area contributed by atoms with E-state index in [-0.39, 0.29) is 6.61 Å². The van der Waals surface area contributed by atoms with Gasteiger partial charge in [-0.15, -0.1) is 0 Å². The highest BCUT2D eigenvalue weighted by Crippen LogP contribution is 2.39. The first kappa shape index (κ1) is 10.7. The highest BCUT2D eigenvalue weighted by molar-refractivity contribution is 5.65. The second kappa shape index (κ2) is 4.11. The molecule has 2 atom stereocenters. The minimum atomic E-state index is 0.272. The molecule has 0 saturated carbocycles. The number of hydrogen-bond donors (Lipinski definition) is 2. The lowest BCUT2D eigenvalue weighted by Gasteiger charge is -2.44. The topological polar surface area (TPSA) is 58.7 Å². The number of aliphatic hydroxyl groups excluding tert-OH is 1. The van der Waals surface area contributed by atoms with E-state index >= 15 is 0 Å². The van der Waals surface area contributed by atoms with Gasteiger partial charge < -0.3 is 20.5 Å². The molecule has 4 nitrogen and oxygen atoms in total. The van der Waals surface area contributed by atoms with Crippen LogP contribution in [0, 0.1) is 5.92 Å². The molecule has 1 aromatic rings. The molecule has 2 unspecified atom stereocenters. The SMILES string of the molecule is Nc1ccc2c(c1)OCC1CCC(CO)CN21. The molecule has 0 bridgehead atoms. The van der Waals surface area contributed by atoms with E-state index in [9.17, 15) is 5.11 Å². The summed E-state index contributed by atoms with van der Waals surface area (Å²) in [5.74, 6) is 1.26. The summed E-state index contributed by atoms with van der Waals surface area (Å²) in [4.78, 5) is 2.36. The van der Waals surface area contributed by atoms with Gasteiger partial charge in [0.25, 0.3) is 0 Å². The summed E-state index contributed by atoms with van der Waals surface area (Å²) in [6.45, 7) is 1.92. The molecule has 2 aliphatic heterocycles. The molecule has 0 aromatic heterocycles. The predicted octanol–water partition coefficient (Wildman–Crippen LogP) is 1.24. The van der Waals surface area contributed by atoms with Gasteiger partial charge in [0.15, 0.2) is 0 Å². The number of ether oxygens (including phenoxy) is 1. The van der Waals surface area contributed by atoms with Crippen molar-refractivity contribution in [3.8, 4) is 5.75 Å². The van der Waals surface area contributed by atoms with Crippen LogP contribution in [0.15, 0.2) is 18.2 Å². The van der Waals surface area contributed by atoms with E-state index in [0.29, 0.717) is 12.0 Å². The molecule has 1 aromatic carbocycles. The van der Waals surface area contributed by atoms with Gasteiger partial charge in [0.05, 0.1) is 11.7 Å². The van der Waals surface area contributed by atoms with Crippen molar-refractivity contribution in [3.05, 3.63) is 18.2 Å². The summed E-state index contributed by atoms with van der Waals surface area (Å²) in [6.07, 6.45) is 2.18. The van der Waals surface area contributed by atoms with Crippen molar-refractivity contribution in [2.75, 3.05) is 30.4 Å². The van der Waals surface area contributed by atoms with Crippen molar-refractivity contribution in [1.82, 2.24) is 0 Å². The first-order valence-electron chi connectivity index (χ1n) is 6.18. The zero-order valence-electron chi connectivity index (χ0n) is 9.80. The van der Waals surface area contributed by atoms with Crippen LogP contribution in [0.5, 0.6) is 5.75 Å². The molecule has 0 amide bonds. The summed E-state index contributed by atoms with van der Waals surface area (Å²) in [6, 6.07) is 6.27. The number of benzene rings is 1. The lowest BCUT2D eigenvalue weighted by Crippen LogP contribution is -2.49. The maximum Gasteiger partial charge on any atom is 0.144 e. The third kappa shape index (κ3) is 1.82. The van der Waals surface area contributed by atoms with Gasteiger partial charge >= 0.3 is 0 Å². The molecule has 17 heavy (non-hydrogen) atoms. The summed E-state index contributed by atoms with van der Waals surface area (Å²) < 4.78 is 5.76. The number of nitrogen functional groups attached to an aromatic ring is 1. The lowest BCUT2D eigenvalue weighted by molar-refractivity contribution is 0.170. The van der Waals surface area contributed by atoms with E-state index in [2.05, 4.69) is 4.90 Å². The van der Waals surface area contributed by atoms with Crippen LogP contribution in [0.4, 0.5) is 11.4 Å². The molecular weight excluding hydrogens is 216 g/mol. The number of rotatable bonds is 1.